The third-order valence-corrected chi connectivity index (χ3v) is 8.77. The molecule has 0 aliphatic heterocycles. The number of azide groups is 1. The van der Waals surface area contributed by atoms with E-state index in [2.05, 4.69) is 36.9 Å². The van der Waals surface area contributed by atoms with E-state index in [1.807, 2.05) is 0 Å². The predicted molar refractivity (Wildman–Crippen MR) is 93.8 cm³/mol. The largest absolute Gasteiger partial charge is 0.0903 e. The van der Waals surface area contributed by atoms with Gasteiger partial charge in [0.1, 0.15) is 0 Å². The Kier molecular flexibility index (Phi) is 3.57. The molecule has 3 heteroatoms. The lowest BCUT2D eigenvalue weighted by atomic mass is 9.47. The monoisotopic (exact) mass is 313 g/mol. The van der Waals surface area contributed by atoms with Crippen molar-refractivity contribution in [2.75, 3.05) is 0 Å². The molecule has 0 spiro atoms. The molecular weight excluding hydrogens is 282 g/mol. The fourth-order valence-corrected chi connectivity index (χ4v) is 7.08. The molecule has 0 bridgehead atoms. The Labute approximate surface area is 140 Å². The number of hydrogen-bond donors (Lipinski definition) is 0. The van der Waals surface area contributed by atoms with E-state index in [9.17, 15) is 0 Å². The number of rotatable bonds is 1. The Morgan fingerprint density at radius 3 is 2.74 bits per heavy atom. The van der Waals surface area contributed by atoms with Crippen molar-refractivity contribution < 1.29 is 0 Å². The maximum absolute atomic E-state index is 8.76. The highest BCUT2D eigenvalue weighted by molar-refractivity contribution is 5.25. The molecule has 0 amide bonds. The zero-order valence-electron chi connectivity index (χ0n) is 15.0. The summed E-state index contributed by atoms with van der Waals surface area (Å²) in [5.74, 6) is 3.63. The van der Waals surface area contributed by atoms with Crippen molar-refractivity contribution >= 4 is 0 Å². The Bertz CT molecular complexity index is 575. The molecule has 0 radical (unpaired) electrons. The van der Waals surface area contributed by atoms with E-state index < -0.39 is 0 Å². The van der Waals surface area contributed by atoms with Crippen LogP contribution in [0.1, 0.15) is 72.1 Å². The highest BCUT2D eigenvalue weighted by Gasteiger charge is 2.57. The summed E-state index contributed by atoms with van der Waals surface area (Å²) in [5, 5.41) is 4.02. The van der Waals surface area contributed by atoms with Crippen LogP contribution in [0.2, 0.25) is 0 Å². The summed E-state index contributed by atoms with van der Waals surface area (Å²) in [4.78, 5) is 3.06. The van der Waals surface area contributed by atoms with Crippen molar-refractivity contribution in [1.82, 2.24) is 0 Å². The second-order valence-electron chi connectivity index (χ2n) is 9.38. The smallest absolute Gasteiger partial charge is 0.0411 e. The predicted octanol–water partition coefficient (Wildman–Crippen LogP) is 6.26. The molecule has 23 heavy (non-hydrogen) atoms. The molecule has 0 heterocycles. The van der Waals surface area contributed by atoms with Crippen molar-refractivity contribution in [2.24, 2.45) is 39.6 Å². The Hall–Kier alpha value is -0.950. The van der Waals surface area contributed by atoms with Gasteiger partial charge < -0.3 is 0 Å². The van der Waals surface area contributed by atoms with E-state index in [1.54, 1.807) is 5.57 Å². The summed E-state index contributed by atoms with van der Waals surface area (Å²) in [5.41, 5.74) is 11.4. The first-order valence-electron chi connectivity index (χ1n) is 9.73. The standard InChI is InChI=1S/C20H31N3/c1-13-4-7-17-16-6-5-14-12-15(22-23-21)8-10-20(14,3)18(16)9-11-19(13,17)2/h5,13,15-18H,4,6-12H2,1-3H3/t13-,15+,16?,17?,18?,19+,20-/m0/s1. The van der Waals surface area contributed by atoms with Crippen LogP contribution in [0.4, 0.5) is 0 Å². The molecule has 4 aliphatic rings. The van der Waals surface area contributed by atoms with Crippen LogP contribution >= 0.6 is 0 Å². The van der Waals surface area contributed by atoms with Gasteiger partial charge in [0.05, 0.1) is 0 Å². The quantitative estimate of drug-likeness (QED) is 0.237. The minimum Gasteiger partial charge on any atom is -0.0903 e. The van der Waals surface area contributed by atoms with Crippen molar-refractivity contribution in [1.29, 1.82) is 0 Å². The van der Waals surface area contributed by atoms with Crippen molar-refractivity contribution in [2.45, 2.75) is 78.2 Å². The van der Waals surface area contributed by atoms with Gasteiger partial charge in [0.15, 0.2) is 0 Å². The van der Waals surface area contributed by atoms with E-state index in [-0.39, 0.29) is 6.04 Å². The molecule has 126 valence electrons. The van der Waals surface area contributed by atoms with Crippen molar-refractivity contribution in [3.05, 3.63) is 22.1 Å². The van der Waals surface area contributed by atoms with Crippen LogP contribution in [0.3, 0.4) is 0 Å². The normalized spacial score (nSPS) is 51.8. The summed E-state index contributed by atoms with van der Waals surface area (Å²) in [6.45, 7) is 7.62. The van der Waals surface area contributed by atoms with Gasteiger partial charge in [0.25, 0.3) is 0 Å². The zero-order chi connectivity index (χ0) is 16.2. The number of fused-ring (bicyclic) bond motifs is 5. The van der Waals surface area contributed by atoms with Crippen LogP contribution in [-0.2, 0) is 0 Å². The Morgan fingerprint density at radius 2 is 1.96 bits per heavy atom. The third-order valence-electron chi connectivity index (χ3n) is 8.77. The SMILES string of the molecule is C[C@H]1CCC2C3CC=C4C[C@H](N=[N+]=[N-])CC[C@]4(C)C3CC[C@@]21C. The second-order valence-corrected chi connectivity index (χ2v) is 9.38. The summed E-state index contributed by atoms with van der Waals surface area (Å²) in [6, 6.07) is 0.205. The molecule has 4 rings (SSSR count). The maximum atomic E-state index is 8.76. The molecule has 0 aromatic rings. The molecule has 4 aliphatic carbocycles. The first kappa shape index (κ1) is 15.6. The lowest BCUT2D eigenvalue weighted by Crippen LogP contribution is -2.50. The van der Waals surface area contributed by atoms with Gasteiger partial charge >= 0.3 is 0 Å². The molecule has 3 saturated carbocycles. The van der Waals surface area contributed by atoms with Gasteiger partial charge in [-0.05, 0) is 91.4 Å². The first-order valence-corrected chi connectivity index (χ1v) is 9.73. The molecular formula is C20H31N3. The van der Waals surface area contributed by atoms with Crippen LogP contribution in [0.25, 0.3) is 10.4 Å². The van der Waals surface area contributed by atoms with Crippen LogP contribution in [-0.4, -0.2) is 6.04 Å². The summed E-state index contributed by atoms with van der Waals surface area (Å²) >= 11 is 0. The van der Waals surface area contributed by atoms with Gasteiger partial charge in [-0.1, -0.05) is 37.5 Å². The minimum absolute atomic E-state index is 0.205. The van der Waals surface area contributed by atoms with E-state index >= 15 is 0 Å². The number of allylic oxidation sites excluding steroid dienone is 1. The molecule has 3 unspecified atom stereocenters. The van der Waals surface area contributed by atoms with Crippen LogP contribution in [0.5, 0.6) is 0 Å². The maximum Gasteiger partial charge on any atom is 0.0411 e. The van der Waals surface area contributed by atoms with Gasteiger partial charge in [-0.3, -0.25) is 0 Å². The highest BCUT2D eigenvalue weighted by atomic mass is 15.1. The third kappa shape index (κ3) is 2.12. The average molecular weight is 313 g/mol. The summed E-state index contributed by atoms with van der Waals surface area (Å²) in [7, 11) is 0. The fourth-order valence-electron chi connectivity index (χ4n) is 7.08. The summed E-state index contributed by atoms with van der Waals surface area (Å²) < 4.78 is 0. The van der Waals surface area contributed by atoms with E-state index in [0.29, 0.717) is 10.8 Å². The molecule has 0 aromatic heterocycles. The molecule has 0 aromatic carbocycles. The molecule has 0 saturated heterocycles. The van der Waals surface area contributed by atoms with E-state index in [0.717, 1.165) is 36.5 Å². The summed E-state index contributed by atoms with van der Waals surface area (Å²) in [6.07, 6.45) is 12.9. The molecule has 7 atom stereocenters. The fraction of sp³-hybridized carbons (Fsp3) is 0.900. The molecule has 3 fully saturated rings. The van der Waals surface area contributed by atoms with Gasteiger partial charge in [-0.25, -0.2) is 0 Å². The first-order chi connectivity index (χ1) is 11.0. The van der Waals surface area contributed by atoms with E-state index in [4.69, 9.17) is 5.53 Å². The van der Waals surface area contributed by atoms with Gasteiger partial charge in [-0.15, -0.1) is 0 Å². The zero-order valence-corrected chi connectivity index (χ0v) is 15.0. The second kappa shape index (κ2) is 5.28. The van der Waals surface area contributed by atoms with Crippen LogP contribution < -0.4 is 0 Å². The Morgan fingerprint density at radius 1 is 1.13 bits per heavy atom. The minimum atomic E-state index is 0.205. The highest BCUT2D eigenvalue weighted by Crippen LogP contribution is 2.66. The van der Waals surface area contributed by atoms with Crippen LogP contribution in [0.15, 0.2) is 16.8 Å². The van der Waals surface area contributed by atoms with Gasteiger partial charge in [0.2, 0.25) is 0 Å². The molecule has 0 N–H and O–H groups in total. The van der Waals surface area contributed by atoms with Crippen molar-refractivity contribution in [3.63, 3.8) is 0 Å². The topological polar surface area (TPSA) is 48.8 Å². The van der Waals surface area contributed by atoms with Crippen LogP contribution in [0, 0.1) is 34.5 Å². The lowest BCUT2D eigenvalue weighted by molar-refractivity contribution is -0.0394. The molecule has 3 nitrogen and oxygen atoms in total. The van der Waals surface area contributed by atoms with Gasteiger partial charge in [0, 0.05) is 11.0 Å². The van der Waals surface area contributed by atoms with Gasteiger partial charge in [-0.2, -0.15) is 0 Å². The van der Waals surface area contributed by atoms with Crippen molar-refractivity contribution in [3.8, 4) is 0 Å². The van der Waals surface area contributed by atoms with E-state index in [1.165, 1.54) is 38.5 Å². The average Bonchev–Trinajstić information content (AvgIpc) is 2.84. The Balaban J connectivity index is 1.64. The lowest BCUT2D eigenvalue weighted by Gasteiger charge is -2.58. The number of nitrogens with zero attached hydrogens (tertiary/aromatic N) is 3. The number of hydrogen-bond acceptors (Lipinski definition) is 1.